The summed E-state index contributed by atoms with van der Waals surface area (Å²) in [6, 6.07) is 5.87. The summed E-state index contributed by atoms with van der Waals surface area (Å²) in [7, 11) is 0. The van der Waals surface area contributed by atoms with Crippen molar-refractivity contribution in [1.29, 1.82) is 0 Å². The molecule has 1 saturated heterocycles. The lowest BCUT2D eigenvalue weighted by atomic mass is 9.93. The lowest BCUT2D eigenvalue weighted by molar-refractivity contribution is 0.0289. The van der Waals surface area contributed by atoms with Gasteiger partial charge in [0.15, 0.2) is 5.78 Å². The average Bonchev–Trinajstić information content (AvgIpc) is 2.85. The molecule has 0 spiro atoms. The van der Waals surface area contributed by atoms with E-state index in [1.165, 1.54) is 0 Å². The number of hydrogen-bond acceptors (Lipinski definition) is 3. The first-order valence-electron chi connectivity index (χ1n) is 7.77. The number of hydrogen-bond donors (Lipinski definition) is 0. The van der Waals surface area contributed by atoms with E-state index >= 15 is 0 Å². The standard InChI is InChI=1S/C18H25NO3/c1-12-6-7-15(13(2)10-12)16(20)14-8-9-19(11-14)17(21)22-18(3,4)5/h6-7,10,14H,8-9,11H2,1-5H3. The molecule has 0 bridgehead atoms. The molecule has 1 unspecified atom stereocenters. The Hall–Kier alpha value is -1.84. The first-order valence-corrected chi connectivity index (χ1v) is 7.77. The highest BCUT2D eigenvalue weighted by molar-refractivity contribution is 5.99. The number of carbonyl (C=O) groups is 2. The minimum absolute atomic E-state index is 0.128. The number of ether oxygens (including phenoxy) is 1. The summed E-state index contributed by atoms with van der Waals surface area (Å²) in [6.45, 7) is 10.5. The van der Waals surface area contributed by atoms with Gasteiger partial charge in [-0.15, -0.1) is 0 Å². The van der Waals surface area contributed by atoms with E-state index in [0.717, 1.165) is 16.7 Å². The number of aryl methyl sites for hydroxylation is 2. The fourth-order valence-electron chi connectivity index (χ4n) is 2.78. The minimum Gasteiger partial charge on any atom is -0.444 e. The van der Waals surface area contributed by atoms with Gasteiger partial charge in [-0.1, -0.05) is 23.8 Å². The van der Waals surface area contributed by atoms with E-state index in [2.05, 4.69) is 0 Å². The van der Waals surface area contributed by atoms with Crippen LogP contribution in [0.25, 0.3) is 0 Å². The van der Waals surface area contributed by atoms with Crippen LogP contribution in [0.15, 0.2) is 18.2 Å². The van der Waals surface area contributed by atoms with Crippen LogP contribution in [-0.4, -0.2) is 35.5 Å². The highest BCUT2D eigenvalue weighted by atomic mass is 16.6. The van der Waals surface area contributed by atoms with Gasteiger partial charge in [0.05, 0.1) is 0 Å². The van der Waals surface area contributed by atoms with Gasteiger partial charge in [-0.05, 0) is 46.6 Å². The van der Waals surface area contributed by atoms with E-state index in [0.29, 0.717) is 19.5 Å². The Morgan fingerprint density at radius 3 is 2.50 bits per heavy atom. The largest absolute Gasteiger partial charge is 0.444 e. The van der Waals surface area contributed by atoms with Crippen molar-refractivity contribution in [2.45, 2.75) is 46.6 Å². The Balaban J connectivity index is 2.03. The van der Waals surface area contributed by atoms with Gasteiger partial charge in [-0.3, -0.25) is 4.79 Å². The van der Waals surface area contributed by atoms with E-state index in [9.17, 15) is 9.59 Å². The van der Waals surface area contributed by atoms with Gasteiger partial charge < -0.3 is 9.64 Å². The summed E-state index contributed by atoms with van der Waals surface area (Å²) in [5.41, 5.74) is 2.41. The van der Waals surface area contributed by atoms with Crippen LogP contribution in [0.2, 0.25) is 0 Å². The topological polar surface area (TPSA) is 46.6 Å². The molecule has 120 valence electrons. The minimum atomic E-state index is -0.507. The Kier molecular flexibility index (Phi) is 4.59. The molecule has 0 saturated carbocycles. The number of benzene rings is 1. The molecule has 2 rings (SSSR count). The molecule has 1 amide bonds. The van der Waals surface area contributed by atoms with Crippen LogP contribution in [0, 0.1) is 19.8 Å². The Bertz CT molecular complexity index is 586. The van der Waals surface area contributed by atoms with Gasteiger partial charge in [0.2, 0.25) is 0 Å². The zero-order valence-electron chi connectivity index (χ0n) is 14.1. The van der Waals surface area contributed by atoms with E-state index < -0.39 is 5.60 Å². The van der Waals surface area contributed by atoms with Crippen LogP contribution in [0.4, 0.5) is 4.79 Å². The molecular formula is C18H25NO3. The molecule has 0 radical (unpaired) electrons. The molecule has 22 heavy (non-hydrogen) atoms. The summed E-state index contributed by atoms with van der Waals surface area (Å²) in [4.78, 5) is 26.4. The van der Waals surface area contributed by atoms with Crippen molar-refractivity contribution in [3.8, 4) is 0 Å². The van der Waals surface area contributed by atoms with Crippen molar-refractivity contribution in [2.75, 3.05) is 13.1 Å². The number of nitrogens with zero attached hydrogens (tertiary/aromatic N) is 1. The van der Waals surface area contributed by atoms with Gasteiger partial charge in [0.25, 0.3) is 0 Å². The first-order chi connectivity index (χ1) is 10.2. The molecule has 1 atom stereocenters. The molecule has 1 fully saturated rings. The summed E-state index contributed by atoms with van der Waals surface area (Å²) < 4.78 is 5.37. The molecule has 0 aliphatic carbocycles. The molecule has 1 aromatic rings. The molecule has 4 nitrogen and oxygen atoms in total. The van der Waals surface area contributed by atoms with Crippen molar-refractivity contribution in [3.05, 3.63) is 34.9 Å². The van der Waals surface area contributed by atoms with Crippen molar-refractivity contribution in [3.63, 3.8) is 0 Å². The molecule has 0 aromatic heterocycles. The molecule has 1 aliphatic rings. The normalized spacial score (nSPS) is 18.4. The monoisotopic (exact) mass is 303 g/mol. The van der Waals surface area contributed by atoms with Gasteiger partial charge >= 0.3 is 6.09 Å². The average molecular weight is 303 g/mol. The third-order valence-electron chi connectivity index (χ3n) is 3.86. The molecule has 1 aromatic carbocycles. The number of ketones is 1. The van der Waals surface area contributed by atoms with Crippen LogP contribution < -0.4 is 0 Å². The summed E-state index contributed by atoms with van der Waals surface area (Å²) in [6.07, 6.45) is 0.370. The van der Waals surface area contributed by atoms with Crippen LogP contribution in [-0.2, 0) is 4.74 Å². The zero-order chi connectivity index (χ0) is 16.5. The Morgan fingerprint density at radius 1 is 1.23 bits per heavy atom. The van der Waals surface area contributed by atoms with Crippen LogP contribution in [0.1, 0.15) is 48.7 Å². The number of amides is 1. The lowest BCUT2D eigenvalue weighted by Gasteiger charge is -2.24. The smallest absolute Gasteiger partial charge is 0.410 e. The second-order valence-corrected chi connectivity index (χ2v) is 7.09. The first kappa shape index (κ1) is 16.5. The number of carbonyl (C=O) groups excluding carboxylic acids is 2. The Morgan fingerprint density at radius 2 is 1.91 bits per heavy atom. The third-order valence-corrected chi connectivity index (χ3v) is 3.86. The maximum Gasteiger partial charge on any atom is 0.410 e. The van der Waals surface area contributed by atoms with Crippen molar-refractivity contribution < 1.29 is 14.3 Å². The maximum atomic E-state index is 12.7. The van der Waals surface area contributed by atoms with E-state index in [1.807, 2.05) is 52.8 Å². The highest BCUT2D eigenvalue weighted by Gasteiger charge is 2.34. The lowest BCUT2D eigenvalue weighted by Crippen LogP contribution is -2.35. The predicted molar refractivity (Wildman–Crippen MR) is 86.2 cm³/mol. The predicted octanol–water partition coefficient (Wildman–Crippen LogP) is 3.74. The van der Waals surface area contributed by atoms with Gasteiger partial charge in [0, 0.05) is 24.6 Å². The molecule has 0 N–H and O–H groups in total. The van der Waals surface area contributed by atoms with E-state index in [4.69, 9.17) is 4.74 Å². The third kappa shape index (κ3) is 3.87. The number of Topliss-reactive ketones (excluding diaryl/α,β-unsaturated/α-hetero) is 1. The molecule has 4 heteroatoms. The van der Waals surface area contributed by atoms with Gasteiger partial charge in [0.1, 0.15) is 5.60 Å². The van der Waals surface area contributed by atoms with E-state index in [1.54, 1.807) is 4.90 Å². The SMILES string of the molecule is Cc1ccc(C(=O)C2CCN(C(=O)OC(C)(C)C)C2)c(C)c1. The zero-order valence-corrected chi connectivity index (χ0v) is 14.1. The number of likely N-dealkylation sites (tertiary alicyclic amines) is 1. The van der Waals surface area contributed by atoms with Gasteiger partial charge in [-0.2, -0.15) is 0 Å². The number of rotatable bonds is 2. The second-order valence-electron chi connectivity index (χ2n) is 7.09. The fraction of sp³-hybridized carbons (Fsp3) is 0.556. The summed E-state index contributed by atoms with van der Waals surface area (Å²) in [5.74, 6) is -0.00233. The quantitative estimate of drug-likeness (QED) is 0.782. The van der Waals surface area contributed by atoms with Crippen LogP contribution in [0.3, 0.4) is 0 Å². The van der Waals surface area contributed by atoms with Crippen LogP contribution >= 0.6 is 0 Å². The van der Waals surface area contributed by atoms with Crippen molar-refractivity contribution in [2.24, 2.45) is 5.92 Å². The fourth-order valence-corrected chi connectivity index (χ4v) is 2.78. The molecule has 1 aliphatic heterocycles. The van der Waals surface area contributed by atoms with E-state index in [-0.39, 0.29) is 17.8 Å². The highest BCUT2D eigenvalue weighted by Crippen LogP contribution is 2.24. The summed E-state index contributed by atoms with van der Waals surface area (Å²) >= 11 is 0. The maximum absolute atomic E-state index is 12.7. The van der Waals surface area contributed by atoms with Gasteiger partial charge in [-0.25, -0.2) is 4.79 Å². The molecular weight excluding hydrogens is 278 g/mol. The second kappa shape index (κ2) is 6.11. The van der Waals surface area contributed by atoms with Crippen LogP contribution in [0.5, 0.6) is 0 Å². The van der Waals surface area contributed by atoms with Crippen molar-refractivity contribution >= 4 is 11.9 Å². The molecule has 1 heterocycles. The van der Waals surface area contributed by atoms with Crippen molar-refractivity contribution in [1.82, 2.24) is 4.90 Å². The summed E-state index contributed by atoms with van der Waals surface area (Å²) in [5, 5.41) is 0. The Labute approximate surface area is 132 Å².